The summed E-state index contributed by atoms with van der Waals surface area (Å²) in [5.74, 6) is -3.90. The summed E-state index contributed by atoms with van der Waals surface area (Å²) in [6, 6.07) is 5.39. The van der Waals surface area contributed by atoms with Gasteiger partial charge in [0.1, 0.15) is 0 Å². The molecule has 1 aromatic carbocycles. The number of nitrogens with zero attached hydrogens (tertiary/aromatic N) is 1. The number of carbonyl (C=O) groups is 3. The number of dihydropyridines is 1. The van der Waals surface area contributed by atoms with Gasteiger partial charge in [-0.2, -0.15) is 0 Å². The van der Waals surface area contributed by atoms with Crippen molar-refractivity contribution in [2.75, 3.05) is 6.79 Å². The monoisotopic (exact) mass is 432 g/mol. The number of carboxylic acid groups (broad SMARTS) is 1. The predicted molar refractivity (Wildman–Crippen MR) is 109 cm³/mol. The van der Waals surface area contributed by atoms with Crippen LogP contribution in [0.15, 0.2) is 46.8 Å². The van der Waals surface area contributed by atoms with Gasteiger partial charge >= 0.3 is 17.9 Å². The molecule has 10 heteroatoms. The molecular weight excluding hydrogens is 408 g/mol. The number of carbonyl (C=O) groups excluding carboxylic acids is 2. The number of carboxylic acids is 1. The molecule has 1 aliphatic heterocycles. The van der Waals surface area contributed by atoms with Gasteiger partial charge in [-0.25, -0.2) is 9.59 Å². The van der Waals surface area contributed by atoms with Gasteiger partial charge in [0.05, 0.1) is 27.4 Å². The first-order valence-corrected chi connectivity index (χ1v) is 9.35. The molecule has 0 radical (unpaired) electrons. The fourth-order valence-electron chi connectivity index (χ4n) is 3.13. The molecule has 0 unspecified atom stereocenters. The van der Waals surface area contributed by atoms with E-state index in [0.29, 0.717) is 5.70 Å². The standard InChI is InChI=1S/C21H24N2O8/c1-11-15(18(24)25)17(13-7-6-8-14(9-13)23(28)29)16(12(2)22-11)19(26)30-10-31-20(27)21(3,4)5/h6-9,17,22H,10H2,1-5H3,(H,24,25)/t17-/m0/s1. The van der Waals surface area contributed by atoms with Gasteiger partial charge in [-0.1, -0.05) is 12.1 Å². The predicted octanol–water partition coefficient (Wildman–Crippen LogP) is 3.00. The summed E-state index contributed by atoms with van der Waals surface area (Å²) in [5.41, 5.74) is -0.382. The van der Waals surface area contributed by atoms with E-state index in [1.54, 1.807) is 27.7 Å². The lowest BCUT2D eigenvalue weighted by Crippen LogP contribution is -2.32. The van der Waals surface area contributed by atoms with E-state index < -0.39 is 41.0 Å². The Bertz CT molecular complexity index is 1000. The number of nitro groups is 1. The number of nitro benzene ring substituents is 1. The summed E-state index contributed by atoms with van der Waals surface area (Å²) < 4.78 is 10.0. The highest BCUT2D eigenvalue weighted by molar-refractivity contribution is 5.99. The number of ether oxygens (including phenoxy) is 2. The number of hydrogen-bond acceptors (Lipinski definition) is 8. The first-order chi connectivity index (χ1) is 14.3. The molecule has 31 heavy (non-hydrogen) atoms. The normalized spacial score (nSPS) is 16.5. The first kappa shape index (κ1) is 23.6. The lowest BCUT2D eigenvalue weighted by Gasteiger charge is -2.29. The fourth-order valence-corrected chi connectivity index (χ4v) is 3.13. The first-order valence-electron chi connectivity index (χ1n) is 9.35. The van der Waals surface area contributed by atoms with Crippen molar-refractivity contribution in [1.29, 1.82) is 0 Å². The van der Waals surface area contributed by atoms with Gasteiger partial charge in [0.2, 0.25) is 6.79 Å². The van der Waals surface area contributed by atoms with Gasteiger partial charge in [-0.05, 0) is 40.2 Å². The van der Waals surface area contributed by atoms with Gasteiger partial charge in [-0.15, -0.1) is 0 Å². The molecule has 0 spiro atoms. The molecule has 0 aromatic heterocycles. The molecule has 166 valence electrons. The third-order valence-corrected chi connectivity index (χ3v) is 4.62. The fraction of sp³-hybridized carbons (Fsp3) is 0.381. The van der Waals surface area contributed by atoms with Gasteiger partial charge in [0, 0.05) is 23.5 Å². The molecule has 1 heterocycles. The number of esters is 2. The number of non-ortho nitro benzene ring substituents is 1. The molecular formula is C21H24N2O8. The summed E-state index contributed by atoms with van der Waals surface area (Å²) in [5, 5.41) is 23.8. The van der Waals surface area contributed by atoms with Crippen LogP contribution >= 0.6 is 0 Å². The summed E-state index contributed by atoms with van der Waals surface area (Å²) in [6.45, 7) is 7.35. The molecule has 1 atom stereocenters. The zero-order valence-corrected chi connectivity index (χ0v) is 17.8. The highest BCUT2D eigenvalue weighted by Gasteiger charge is 2.38. The van der Waals surface area contributed by atoms with E-state index in [2.05, 4.69) is 5.32 Å². The van der Waals surface area contributed by atoms with Crippen LogP contribution in [0.25, 0.3) is 0 Å². The molecule has 2 N–H and O–H groups in total. The second-order valence-electron chi connectivity index (χ2n) is 8.02. The van der Waals surface area contributed by atoms with Crippen molar-refractivity contribution in [3.63, 3.8) is 0 Å². The number of hydrogen-bond donors (Lipinski definition) is 2. The zero-order chi connectivity index (χ0) is 23.5. The molecule has 0 fully saturated rings. The number of benzene rings is 1. The minimum Gasteiger partial charge on any atom is -0.478 e. The maximum Gasteiger partial charge on any atom is 0.339 e. The average Bonchev–Trinajstić information content (AvgIpc) is 2.66. The van der Waals surface area contributed by atoms with Crippen LogP contribution in [-0.2, 0) is 23.9 Å². The maximum absolute atomic E-state index is 12.9. The molecule has 10 nitrogen and oxygen atoms in total. The van der Waals surface area contributed by atoms with Gasteiger partial charge in [0.25, 0.3) is 5.69 Å². The van der Waals surface area contributed by atoms with Crippen LogP contribution in [0.2, 0.25) is 0 Å². The third kappa shape index (κ3) is 5.27. The van der Waals surface area contributed by atoms with E-state index in [0.717, 1.165) is 0 Å². The largest absolute Gasteiger partial charge is 0.478 e. The summed E-state index contributed by atoms with van der Waals surface area (Å²) in [7, 11) is 0. The molecule has 0 amide bonds. The van der Waals surface area contributed by atoms with E-state index in [4.69, 9.17) is 9.47 Å². The van der Waals surface area contributed by atoms with E-state index >= 15 is 0 Å². The van der Waals surface area contributed by atoms with Crippen LogP contribution in [0.5, 0.6) is 0 Å². The van der Waals surface area contributed by atoms with Crippen LogP contribution in [0.3, 0.4) is 0 Å². The van der Waals surface area contributed by atoms with E-state index in [-0.39, 0.29) is 28.1 Å². The minimum atomic E-state index is -1.29. The summed E-state index contributed by atoms with van der Waals surface area (Å²) in [4.78, 5) is 47.3. The van der Waals surface area contributed by atoms with Crippen molar-refractivity contribution >= 4 is 23.6 Å². The zero-order valence-electron chi connectivity index (χ0n) is 17.8. The van der Waals surface area contributed by atoms with Crippen molar-refractivity contribution in [2.24, 2.45) is 5.41 Å². The van der Waals surface area contributed by atoms with Crippen LogP contribution in [-0.4, -0.2) is 34.7 Å². The molecule has 0 bridgehead atoms. The topological polar surface area (TPSA) is 145 Å². The molecule has 0 saturated heterocycles. The van der Waals surface area contributed by atoms with Crippen molar-refractivity contribution in [1.82, 2.24) is 5.32 Å². The number of aliphatic carboxylic acids is 1. The Balaban J connectivity index is 2.43. The van der Waals surface area contributed by atoms with Gasteiger partial charge in [0.15, 0.2) is 0 Å². The SMILES string of the molecule is CC1=C(C(=O)O)[C@H](c2cccc([N+](=O)[O-])c2)C(C(=O)OCOC(=O)C(C)(C)C)=C(C)N1. The highest BCUT2D eigenvalue weighted by atomic mass is 16.7. The molecule has 2 rings (SSSR count). The number of rotatable bonds is 6. The molecule has 0 aliphatic carbocycles. The van der Waals surface area contributed by atoms with Crippen LogP contribution in [0, 0.1) is 15.5 Å². The van der Waals surface area contributed by atoms with Crippen LogP contribution < -0.4 is 5.32 Å². The second kappa shape index (κ2) is 8.99. The lowest BCUT2D eigenvalue weighted by atomic mass is 9.80. The lowest BCUT2D eigenvalue weighted by molar-refractivity contribution is -0.384. The number of nitrogens with one attached hydrogen (secondary N) is 1. The Kier molecular flexibility index (Phi) is 6.84. The van der Waals surface area contributed by atoms with E-state index in [1.807, 2.05) is 0 Å². The van der Waals surface area contributed by atoms with Gasteiger partial charge in [-0.3, -0.25) is 14.9 Å². The van der Waals surface area contributed by atoms with Gasteiger partial charge < -0.3 is 19.9 Å². The van der Waals surface area contributed by atoms with E-state index in [1.165, 1.54) is 31.2 Å². The average molecular weight is 432 g/mol. The molecule has 1 aromatic rings. The summed E-state index contributed by atoms with van der Waals surface area (Å²) in [6.07, 6.45) is 0. The Hall–Kier alpha value is -3.69. The maximum atomic E-state index is 12.9. The highest BCUT2D eigenvalue weighted by Crippen LogP contribution is 2.39. The Morgan fingerprint density at radius 2 is 1.74 bits per heavy atom. The Morgan fingerprint density at radius 1 is 1.13 bits per heavy atom. The minimum absolute atomic E-state index is 0.0460. The smallest absolute Gasteiger partial charge is 0.339 e. The van der Waals surface area contributed by atoms with Crippen molar-refractivity contribution in [2.45, 2.75) is 40.5 Å². The van der Waals surface area contributed by atoms with Crippen LogP contribution in [0.4, 0.5) is 5.69 Å². The Labute approximate surface area is 178 Å². The third-order valence-electron chi connectivity index (χ3n) is 4.62. The van der Waals surface area contributed by atoms with Crippen LogP contribution in [0.1, 0.15) is 46.1 Å². The second-order valence-corrected chi connectivity index (χ2v) is 8.02. The molecule has 0 saturated carbocycles. The van der Waals surface area contributed by atoms with Crippen molar-refractivity contribution in [3.8, 4) is 0 Å². The van der Waals surface area contributed by atoms with Crippen molar-refractivity contribution in [3.05, 3.63) is 62.5 Å². The van der Waals surface area contributed by atoms with Crippen molar-refractivity contribution < 1.29 is 33.9 Å². The number of allylic oxidation sites excluding steroid dienone is 2. The van der Waals surface area contributed by atoms with E-state index in [9.17, 15) is 29.6 Å². The Morgan fingerprint density at radius 3 is 2.29 bits per heavy atom. The molecule has 1 aliphatic rings. The summed E-state index contributed by atoms with van der Waals surface area (Å²) >= 11 is 0. The quantitative estimate of drug-likeness (QED) is 0.300.